The maximum Gasteiger partial charge on any atom is 0.205 e. The summed E-state index contributed by atoms with van der Waals surface area (Å²) in [6.07, 6.45) is 1.11. The lowest BCUT2D eigenvalue weighted by Crippen LogP contribution is -2.30. The molecule has 0 amide bonds. The quantitative estimate of drug-likeness (QED) is 0.807. The van der Waals surface area contributed by atoms with Crippen LogP contribution in [0.25, 0.3) is 0 Å². The minimum atomic E-state index is 0.399. The van der Waals surface area contributed by atoms with Gasteiger partial charge in [0.15, 0.2) is 0 Å². The van der Waals surface area contributed by atoms with E-state index in [9.17, 15) is 0 Å². The maximum absolute atomic E-state index is 5.58. The maximum atomic E-state index is 5.58. The largest absolute Gasteiger partial charge is 0.346 e. The van der Waals surface area contributed by atoms with Crippen LogP contribution < -0.4 is 10.6 Å². The first kappa shape index (κ1) is 12.4. The lowest BCUT2D eigenvalue weighted by molar-refractivity contribution is 0.746. The molecule has 1 heterocycles. The van der Waals surface area contributed by atoms with Crippen molar-refractivity contribution in [3.8, 4) is 0 Å². The van der Waals surface area contributed by atoms with Crippen LogP contribution >= 0.6 is 11.5 Å². The Morgan fingerprint density at radius 2 is 2.13 bits per heavy atom. The Morgan fingerprint density at radius 3 is 2.60 bits per heavy atom. The molecule has 0 unspecified atom stereocenters. The van der Waals surface area contributed by atoms with Gasteiger partial charge >= 0.3 is 0 Å². The van der Waals surface area contributed by atoms with Crippen LogP contribution in [-0.2, 0) is 0 Å². The Morgan fingerprint density at radius 1 is 1.40 bits per heavy atom. The number of nitrogens with zero attached hydrogens (tertiary/aromatic N) is 3. The number of nitrogens with two attached hydrogens (primary N) is 1. The minimum Gasteiger partial charge on any atom is -0.346 e. The molecule has 15 heavy (non-hydrogen) atoms. The van der Waals surface area contributed by atoms with Gasteiger partial charge in [-0.25, -0.2) is 4.98 Å². The first-order valence-electron chi connectivity index (χ1n) is 5.47. The third kappa shape index (κ3) is 3.43. The number of hydrogen-bond donors (Lipinski definition) is 1. The van der Waals surface area contributed by atoms with Gasteiger partial charge in [0, 0.05) is 37.1 Å². The number of hydrogen-bond acceptors (Lipinski definition) is 5. The Hall–Kier alpha value is -0.680. The van der Waals surface area contributed by atoms with Crippen LogP contribution in [0.4, 0.5) is 5.13 Å². The van der Waals surface area contributed by atoms with Crippen LogP contribution in [0.15, 0.2) is 0 Å². The highest BCUT2D eigenvalue weighted by atomic mass is 32.1. The van der Waals surface area contributed by atoms with Crippen LogP contribution in [0, 0.1) is 0 Å². The van der Waals surface area contributed by atoms with E-state index in [0.717, 1.165) is 30.5 Å². The molecule has 0 aromatic carbocycles. The van der Waals surface area contributed by atoms with Gasteiger partial charge in [0.25, 0.3) is 0 Å². The second kappa shape index (κ2) is 6.02. The van der Waals surface area contributed by atoms with Gasteiger partial charge in [0.1, 0.15) is 5.82 Å². The number of rotatable bonds is 6. The fourth-order valence-electron chi connectivity index (χ4n) is 1.32. The second-order valence-corrected chi connectivity index (χ2v) is 4.60. The summed E-state index contributed by atoms with van der Waals surface area (Å²) in [7, 11) is 0. The minimum absolute atomic E-state index is 0.399. The first-order chi connectivity index (χ1) is 7.19. The van der Waals surface area contributed by atoms with Crippen LogP contribution in [0.2, 0.25) is 0 Å². The highest BCUT2D eigenvalue weighted by Crippen LogP contribution is 2.21. The Balaban J connectivity index is 2.72. The molecule has 0 aliphatic carbocycles. The van der Waals surface area contributed by atoms with Crippen molar-refractivity contribution >= 4 is 16.7 Å². The van der Waals surface area contributed by atoms with Crippen molar-refractivity contribution in [2.45, 2.75) is 33.1 Å². The summed E-state index contributed by atoms with van der Waals surface area (Å²) in [6.45, 7) is 8.91. The molecule has 0 spiro atoms. The third-order valence-electron chi connectivity index (χ3n) is 2.11. The second-order valence-electron chi connectivity index (χ2n) is 3.87. The Labute approximate surface area is 95.7 Å². The molecule has 0 aliphatic heterocycles. The molecule has 5 heteroatoms. The van der Waals surface area contributed by atoms with E-state index >= 15 is 0 Å². The predicted octanol–water partition coefficient (Wildman–Crippen LogP) is 1.84. The summed E-state index contributed by atoms with van der Waals surface area (Å²) in [5, 5.41) is 1.01. The zero-order valence-corrected chi connectivity index (χ0v) is 10.5. The van der Waals surface area contributed by atoms with Crippen molar-refractivity contribution in [1.82, 2.24) is 9.36 Å². The molecule has 0 aliphatic rings. The molecule has 1 aromatic heterocycles. The summed E-state index contributed by atoms with van der Waals surface area (Å²) < 4.78 is 4.35. The average molecular weight is 228 g/mol. The molecule has 1 aromatic rings. The molecule has 2 N–H and O–H groups in total. The van der Waals surface area contributed by atoms with Crippen LogP contribution in [0.5, 0.6) is 0 Å². The molecule has 0 fully saturated rings. The average Bonchev–Trinajstić information content (AvgIpc) is 2.66. The van der Waals surface area contributed by atoms with Gasteiger partial charge in [-0.3, -0.25) is 0 Å². The zero-order chi connectivity index (χ0) is 11.3. The molecule has 0 saturated heterocycles. The predicted molar refractivity (Wildman–Crippen MR) is 65.6 cm³/mol. The monoisotopic (exact) mass is 228 g/mol. The normalized spacial score (nSPS) is 11.0. The molecule has 1 rings (SSSR count). The van der Waals surface area contributed by atoms with Gasteiger partial charge in [-0.2, -0.15) is 4.37 Å². The van der Waals surface area contributed by atoms with Crippen molar-refractivity contribution in [1.29, 1.82) is 0 Å². The molecule has 0 atom stereocenters. The fraction of sp³-hybridized carbons (Fsp3) is 0.800. The first-order valence-corrected chi connectivity index (χ1v) is 6.25. The number of anilines is 1. The summed E-state index contributed by atoms with van der Waals surface area (Å²) >= 11 is 1.48. The highest BCUT2D eigenvalue weighted by Gasteiger charge is 2.12. The van der Waals surface area contributed by atoms with Crippen molar-refractivity contribution in [3.05, 3.63) is 5.82 Å². The van der Waals surface area contributed by atoms with Crippen LogP contribution in [-0.4, -0.2) is 29.0 Å². The smallest absolute Gasteiger partial charge is 0.205 e. The fourth-order valence-corrected chi connectivity index (χ4v) is 2.18. The molecule has 0 saturated carbocycles. The summed E-state index contributed by atoms with van der Waals surface area (Å²) in [5.41, 5.74) is 5.58. The topological polar surface area (TPSA) is 55.0 Å². The van der Waals surface area contributed by atoms with Crippen molar-refractivity contribution < 1.29 is 0 Å². The molecule has 86 valence electrons. The van der Waals surface area contributed by atoms with E-state index in [0.29, 0.717) is 12.5 Å². The Kier molecular flexibility index (Phi) is 4.98. The van der Waals surface area contributed by atoms with Gasteiger partial charge in [-0.1, -0.05) is 20.8 Å². The van der Waals surface area contributed by atoms with Crippen LogP contribution in [0.3, 0.4) is 0 Å². The van der Waals surface area contributed by atoms with Crippen molar-refractivity contribution in [3.63, 3.8) is 0 Å². The van der Waals surface area contributed by atoms with Gasteiger partial charge < -0.3 is 10.6 Å². The van der Waals surface area contributed by atoms with Gasteiger partial charge in [-0.15, -0.1) is 0 Å². The lowest BCUT2D eigenvalue weighted by atomic mass is 10.2. The van der Waals surface area contributed by atoms with Crippen molar-refractivity contribution in [2.24, 2.45) is 5.73 Å². The lowest BCUT2D eigenvalue weighted by Gasteiger charge is -2.19. The van der Waals surface area contributed by atoms with E-state index in [2.05, 4.69) is 35.0 Å². The van der Waals surface area contributed by atoms with E-state index in [-0.39, 0.29) is 0 Å². The molecule has 0 bridgehead atoms. The standard InChI is InChI=1S/C10H20N4S/c1-4-6-14(7-5-11)10-12-9(8(2)3)13-15-10/h8H,4-7,11H2,1-3H3. The molecular weight excluding hydrogens is 208 g/mol. The molecule has 4 nitrogen and oxygen atoms in total. The number of aromatic nitrogens is 2. The van der Waals surface area contributed by atoms with Gasteiger partial charge in [0.05, 0.1) is 0 Å². The van der Waals surface area contributed by atoms with Gasteiger partial charge in [-0.05, 0) is 6.42 Å². The molecular formula is C10H20N4S. The zero-order valence-electron chi connectivity index (χ0n) is 9.73. The summed E-state index contributed by atoms with van der Waals surface area (Å²) in [4.78, 5) is 6.74. The van der Waals surface area contributed by atoms with E-state index in [4.69, 9.17) is 5.73 Å². The summed E-state index contributed by atoms with van der Waals surface area (Å²) in [5.74, 6) is 1.34. The van der Waals surface area contributed by atoms with E-state index < -0.39 is 0 Å². The SMILES string of the molecule is CCCN(CCN)c1nc(C(C)C)ns1. The third-order valence-corrected chi connectivity index (χ3v) is 2.90. The van der Waals surface area contributed by atoms with Crippen molar-refractivity contribution in [2.75, 3.05) is 24.5 Å². The highest BCUT2D eigenvalue weighted by molar-refractivity contribution is 7.09. The summed E-state index contributed by atoms with van der Waals surface area (Å²) in [6, 6.07) is 0. The van der Waals surface area contributed by atoms with E-state index in [1.54, 1.807) is 0 Å². The van der Waals surface area contributed by atoms with Gasteiger partial charge in [0.2, 0.25) is 5.13 Å². The van der Waals surface area contributed by atoms with E-state index in [1.807, 2.05) is 0 Å². The Bertz CT molecular complexity index is 279. The van der Waals surface area contributed by atoms with Crippen LogP contribution in [0.1, 0.15) is 38.9 Å². The molecule has 0 radical (unpaired) electrons. The van der Waals surface area contributed by atoms with E-state index in [1.165, 1.54) is 11.5 Å².